The van der Waals surface area contributed by atoms with Gasteiger partial charge >= 0.3 is 0 Å². The quantitative estimate of drug-likeness (QED) is 0.741. The third-order valence-corrected chi connectivity index (χ3v) is 2.10. The first-order valence-corrected chi connectivity index (χ1v) is 4.48. The molecule has 0 bridgehead atoms. The fourth-order valence-corrected chi connectivity index (χ4v) is 1.40. The summed E-state index contributed by atoms with van der Waals surface area (Å²) in [5.74, 6) is 0.224. The lowest BCUT2D eigenvalue weighted by atomic mass is 10.1. The number of rotatable bonds is 1. The number of aromatic hydroxyl groups is 1. The molecule has 2 aromatic rings. The lowest BCUT2D eigenvalue weighted by Crippen LogP contribution is -1.84. The van der Waals surface area contributed by atoms with E-state index in [1.165, 1.54) is 6.20 Å². The standard InChI is InChI=1S/C12H11NO/c1-9-7-11(12(14)8-13-9)10-5-3-2-4-6-10/h2-8,14H,1H3. The maximum absolute atomic E-state index is 9.63. The average molecular weight is 185 g/mol. The molecule has 14 heavy (non-hydrogen) atoms. The van der Waals surface area contributed by atoms with Crippen LogP contribution in [0.15, 0.2) is 42.6 Å². The van der Waals surface area contributed by atoms with Crippen LogP contribution in [0.25, 0.3) is 11.1 Å². The molecule has 0 saturated carbocycles. The smallest absolute Gasteiger partial charge is 0.141 e. The highest BCUT2D eigenvalue weighted by molar-refractivity contribution is 5.69. The molecule has 0 spiro atoms. The topological polar surface area (TPSA) is 33.1 Å². The number of aromatic nitrogens is 1. The third kappa shape index (κ3) is 1.59. The molecule has 1 aromatic carbocycles. The van der Waals surface area contributed by atoms with Gasteiger partial charge in [0.2, 0.25) is 0 Å². The van der Waals surface area contributed by atoms with Crippen molar-refractivity contribution in [2.45, 2.75) is 6.92 Å². The zero-order valence-corrected chi connectivity index (χ0v) is 7.94. The van der Waals surface area contributed by atoms with Crippen molar-refractivity contribution < 1.29 is 5.11 Å². The van der Waals surface area contributed by atoms with E-state index in [1.807, 2.05) is 43.3 Å². The Morgan fingerprint density at radius 2 is 1.86 bits per heavy atom. The summed E-state index contributed by atoms with van der Waals surface area (Å²) in [7, 11) is 0. The lowest BCUT2D eigenvalue weighted by Gasteiger charge is -2.04. The Morgan fingerprint density at radius 1 is 1.14 bits per heavy atom. The molecule has 2 heteroatoms. The zero-order valence-electron chi connectivity index (χ0n) is 7.94. The molecule has 1 heterocycles. The molecule has 2 rings (SSSR count). The number of benzene rings is 1. The van der Waals surface area contributed by atoms with E-state index in [-0.39, 0.29) is 5.75 Å². The van der Waals surface area contributed by atoms with Crippen molar-refractivity contribution in [2.24, 2.45) is 0 Å². The number of aryl methyl sites for hydroxylation is 1. The van der Waals surface area contributed by atoms with Gasteiger partial charge < -0.3 is 5.11 Å². The van der Waals surface area contributed by atoms with E-state index in [4.69, 9.17) is 0 Å². The van der Waals surface area contributed by atoms with Crippen molar-refractivity contribution in [1.29, 1.82) is 0 Å². The fourth-order valence-electron chi connectivity index (χ4n) is 1.40. The minimum Gasteiger partial charge on any atom is -0.506 e. The summed E-state index contributed by atoms with van der Waals surface area (Å²) in [5.41, 5.74) is 2.75. The molecule has 0 aliphatic carbocycles. The van der Waals surface area contributed by atoms with E-state index in [0.717, 1.165) is 16.8 Å². The summed E-state index contributed by atoms with van der Waals surface area (Å²) in [4.78, 5) is 4.01. The molecule has 2 nitrogen and oxygen atoms in total. The van der Waals surface area contributed by atoms with E-state index in [9.17, 15) is 5.11 Å². The van der Waals surface area contributed by atoms with Gasteiger partial charge in [-0.3, -0.25) is 4.98 Å². The molecule has 0 radical (unpaired) electrons. The van der Waals surface area contributed by atoms with Crippen LogP contribution in [0.5, 0.6) is 5.75 Å². The Balaban J connectivity index is 2.57. The Hall–Kier alpha value is -1.83. The van der Waals surface area contributed by atoms with E-state index in [0.29, 0.717) is 0 Å². The highest BCUT2D eigenvalue weighted by Crippen LogP contribution is 2.28. The van der Waals surface area contributed by atoms with Crippen LogP contribution < -0.4 is 0 Å². The predicted octanol–water partition coefficient (Wildman–Crippen LogP) is 2.76. The van der Waals surface area contributed by atoms with Gasteiger partial charge in [0.25, 0.3) is 0 Å². The second-order valence-corrected chi connectivity index (χ2v) is 3.21. The van der Waals surface area contributed by atoms with Crippen molar-refractivity contribution in [1.82, 2.24) is 4.98 Å². The monoisotopic (exact) mass is 185 g/mol. The highest BCUT2D eigenvalue weighted by Gasteiger charge is 2.03. The molecule has 0 saturated heterocycles. The van der Waals surface area contributed by atoms with Crippen LogP contribution in [0.2, 0.25) is 0 Å². The molecule has 0 aliphatic rings. The average Bonchev–Trinajstić information content (AvgIpc) is 2.23. The Kier molecular flexibility index (Phi) is 2.19. The van der Waals surface area contributed by atoms with Gasteiger partial charge in [-0.2, -0.15) is 0 Å². The van der Waals surface area contributed by atoms with Crippen molar-refractivity contribution in [3.05, 3.63) is 48.3 Å². The third-order valence-electron chi connectivity index (χ3n) is 2.10. The summed E-state index contributed by atoms with van der Waals surface area (Å²) in [6.07, 6.45) is 1.48. The SMILES string of the molecule is Cc1cc(-c2ccccc2)c(O)cn1. The molecule has 0 fully saturated rings. The molecule has 1 N–H and O–H groups in total. The van der Waals surface area contributed by atoms with Crippen LogP contribution in [0.4, 0.5) is 0 Å². The van der Waals surface area contributed by atoms with Gasteiger partial charge in [0, 0.05) is 11.3 Å². The first kappa shape index (κ1) is 8.75. The van der Waals surface area contributed by atoms with Gasteiger partial charge in [0.15, 0.2) is 0 Å². The Morgan fingerprint density at radius 3 is 2.57 bits per heavy atom. The second-order valence-electron chi connectivity index (χ2n) is 3.21. The Labute approximate surface area is 82.9 Å². The zero-order chi connectivity index (χ0) is 9.97. The number of hydrogen-bond donors (Lipinski definition) is 1. The summed E-state index contributed by atoms with van der Waals surface area (Å²) >= 11 is 0. The summed E-state index contributed by atoms with van der Waals surface area (Å²) in [6.45, 7) is 1.91. The molecule has 0 unspecified atom stereocenters. The molecular weight excluding hydrogens is 174 g/mol. The van der Waals surface area contributed by atoms with E-state index in [2.05, 4.69) is 4.98 Å². The second kappa shape index (κ2) is 3.50. The van der Waals surface area contributed by atoms with Crippen molar-refractivity contribution in [3.8, 4) is 16.9 Å². The van der Waals surface area contributed by atoms with Crippen LogP contribution in [0, 0.1) is 6.92 Å². The first-order valence-electron chi connectivity index (χ1n) is 4.48. The first-order chi connectivity index (χ1) is 6.77. The lowest BCUT2D eigenvalue weighted by molar-refractivity contribution is 0.474. The molecule has 0 amide bonds. The van der Waals surface area contributed by atoms with Crippen molar-refractivity contribution >= 4 is 0 Å². The number of hydrogen-bond acceptors (Lipinski definition) is 2. The van der Waals surface area contributed by atoms with Crippen molar-refractivity contribution in [2.75, 3.05) is 0 Å². The molecular formula is C12H11NO. The van der Waals surface area contributed by atoms with Crippen LogP contribution in [0.3, 0.4) is 0 Å². The number of pyridine rings is 1. The summed E-state index contributed by atoms with van der Waals surface area (Å²) in [6, 6.07) is 11.7. The van der Waals surface area contributed by atoms with Crippen LogP contribution in [0.1, 0.15) is 5.69 Å². The van der Waals surface area contributed by atoms with Crippen LogP contribution in [-0.4, -0.2) is 10.1 Å². The molecule has 70 valence electrons. The van der Waals surface area contributed by atoms with Crippen molar-refractivity contribution in [3.63, 3.8) is 0 Å². The fraction of sp³-hybridized carbons (Fsp3) is 0.0833. The highest BCUT2D eigenvalue weighted by atomic mass is 16.3. The van der Waals surface area contributed by atoms with E-state index < -0.39 is 0 Å². The van der Waals surface area contributed by atoms with Crippen LogP contribution >= 0.6 is 0 Å². The largest absolute Gasteiger partial charge is 0.506 e. The van der Waals surface area contributed by atoms with Gasteiger partial charge in [-0.25, -0.2) is 0 Å². The van der Waals surface area contributed by atoms with E-state index >= 15 is 0 Å². The minimum absolute atomic E-state index is 0.224. The van der Waals surface area contributed by atoms with Gasteiger partial charge in [0.05, 0.1) is 6.20 Å². The van der Waals surface area contributed by atoms with Gasteiger partial charge in [-0.15, -0.1) is 0 Å². The van der Waals surface area contributed by atoms with E-state index in [1.54, 1.807) is 0 Å². The maximum Gasteiger partial charge on any atom is 0.141 e. The van der Waals surface area contributed by atoms with Crippen LogP contribution in [-0.2, 0) is 0 Å². The predicted molar refractivity (Wildman–Crippen MR) is 56.1 cm³/mol. The minimum atomic E-state index is 0.224. The Bertz CT molecular complexity index is 437. The normalized spacial score (nSPS) is 10.1. The summed E-state index contributed by atoms with van der Waals surface area (Å²) in [5, 5.41) is 9.63. The van der Waals surface area contributed by atoms with Gasteiger partial charge in [-0.1, -0.05) is 30.3 Å². The summed E-state index contributed by atoms with van der Waals surface area (Å²) < 4.78 is 0. The van der Waals surface area contributed by atoms with Gasteiger partial charge in [-0.05, 0) is 18.6 Å². The molecule has 0 aliphatic heterocycles. The number of nitrogens with zero attached hydrogens (tertiary/aromatic N) is 1. The maximum atomic E-state index is 9.63. The molecule has 1 aromatic heterocycles. The molecule has 0 atom stereocenters. The van der Waals surface area contributed by atoms with Gasteiger partial charge in [0.1, 0.15) is 5.75 Å².